The molecule has 16 heavy (non-hydrogen) atoms. The van der Waals surface area contributed by atoms with Crippen molar-refractivity contribution in [1.82, 2.24) is 4.90 Å². The molecule has 0 aromatic carbocycles. The van der Waals surface area contributed by atoms with Crippen LogP contribution in [0.3, 0.4) is 0 Å². The summed E-state index contributed by atoms with van der Waals surface area (Å²) in [6.45, 7) is 5.32. The van der Waals surface area contributed by atoms with Crippen molar-refractivity contribution in [2.75, 3.05) is 26.3 Å². The van der Waals surface area contributed by atoms with Gasteiger partial charge in [0.25, 0.3) is 0 Å². The zero-order valence-electron chi connectivity index (χ0n) is 9.73. The zero-order valence-corrected chi connectivity index (χ0v) is 9.73. The number of hydrogen-bond acceptors (Lipinski definition) is 3. The standard InChI is InChI=1S/C12H21NO3/c1-2-7-13(8-9-14)12(15)6-5-11-4-3-10-16-11/h2,11,14H,1,3-10H2. The van der Waals surface area contributed by atoms with Gasteiger partial charge in [-0.25, -0.2) is 0 Å². The lowest BCUT2D eigenvalue weighted by Crippen LogP contribution is -2.34. The predicted molar refractivity (Wildman–Crippen MR) is 62.1 cm³/mol. The number of nitrogens with zero attached hydrogens (tertiary/aromatic N) is 1. The molecule has 1 unspecified atom stereocenters. The molecule has 0 saturated carbocycles. The molecular weight excluding hydrogens is 206 g/mol. The van der Waals surface area contributed by atoms with E-state index in [-0.39, 0.29) is 18.6 Å². The lowest BCUT2D eigenvalue weighted by molar-refractivity contribution is -0.131. The Morgan fingerprint density at radius 3 is 3.00 bits per heavy atom. The van der Waals surface area contributed by atoms with E-state index in [1.165, 1.54) is 0 Å². The van der Waals surface area contributed by atoms with E-state index in [1.54, 1.807) is 11.0 Å². The topological polar surface area (TPSA) is 49.8 Å². The van der Waals surface area contributed by atoms with Crippen LogP contribution in [0.4, 0.5) is 0 Å². The third-order valence-electron chi connectivity index (χ3n) is 2.78. The fraction of sp³-hybridized carbons (Fsp3) is 0.750. The fourth-order valence-electron chi connectivity index (χ4n) is 1.91. The first-order valence-corrected chi connectivity index (χ1v) is 5.89. The Morgan fingerprint density at radius 2 is 2.44 bits per heavy atom. The second-order valence-corrected chi connectivity index (χ2v) is 4.03. The molecule has 1 atom stereocenters. The SMILES string of the molecule is C=CCN(CCO)C(=O)CCC1CCCO1. The molecule has 0 aliphatic carbocycles. The summed E-state index contributed by atoms with van der Waals surface area (Å²) in [5.74, 6) is 0.0736. The highest BCUT2D eigenvalue weighted by atomic mass is 16.5. The van der Waals surface area contributed by atoms with Crippen molar-refractivity contribution in [2.45, 2.75) is 31.8 Å². The van der Waals surface area contributed by atoms with Gasteiger partial charge in [0.1, 0.15) is 0 Å². The first-order valence-electron chi connectivity index (χ1n) is 5.89. The number of aliphatic hydroxyl groups is 1. The highest BCUT2D eigenvalue weighted by molar-refractivity contribution is 5.76. The van der Waals surface area contributed by atoms with Crippen molar-refractivity contribution in [2.24, 2.45) is 0 Å². The average Bonchev–Trinajstić information content (AvgIpc) is 2.78. The van der Waals surface area contributed by atoms with Crippen LogP contribution >= 0.6 is 0 Å². The molecule has 0 radical (unpaired) electrons. The van der Waals surface area contributed by atoms with Gasteiger partial charge in [0, 0.05) is 26.1 Å². The van der Waals surface area contributed by atoms with E-state index in [1.807, 2.05) is 0 Å². The molecule has 1 heterocycles. The van der Waals surface area contributed by atoms with Gasteiger partial charge in [-0.05, 0) is 19.3 Å². The maximum absolute atomic E-state index is 11.8. The van der Waals surface area contributed by atoms with E-state index in [0.717, 1.165) is 25.9 Å². The number of amides is 1. The molecule has 1 aliphatic rings. The number of rotatable bonds is 7. The summed E-state index contributed by atoms with van der Waals surface area (Å²) < 4.78 is 5.46. The van der Waals surface area contributed by atoms with Crippen LogP contribution in [0.5, 0.6) is 0 Å². The maximum atomic E-state index is 11.8. The van der Waals surface area contributed by atoms with Crippen LogP contribution in [0, 0.1) is 0 Å². The number of ether oxygens (including phenoxy) is 1. The van der Waals surface area contributed by atoms with Crippen LogP contribution < -0.4 is 0 Å². The van der Waals surface area contributed by atoms with Crippen LogP contribution in [-0.2, 0) is 9.53 Å². The van der Waals surface area contributed by atoms with Crippen molar-refractivity contribution < 1.29 is 14.6 Å². The van der Waals surface area contributed by atoms with Gasteiger partial charge < -0.3 is 14.7 Å². The largest absolute Gasteiger partial charge is 0.395 e. The van der Waals surface area contributed by atoms with E-state index in [0.29, 0.717) is 19.5 Å². The summed E-state index contributed by atoms with van der Waals surface area (Å²) in [6, 6.07) is 0. The number of hydrogen-bond donors (Lipinski definition) is 1. The third-order valence-corrected chi connectivity index (χ3v) is 2.78. The molecule has 1 rings (SSSR count). The lowest BCUT2D eigenvalue weighted by Gasteiger charge is -2.20. The van der Waals surface area contributed by atoms with Crippen molar-refractivity contribution in [3.05, 3.63) is 12.7 Å². The lowest BCUT2D eigenvalue weighted by atomic mass is 10.1. The third kappa shape index (κ3) is 4.33. The molecule has 0 aromatic rings. The molecule has 4 nitrogen and oxygen atoms in total. The molecule has 1 aliphatic heterocycles. The van der Waals surface area contributed by atoms with Crippen LogP contribution in [-0.4, -0.2) is 48.3 Å². The molecule has 0 aromatic heterocycles. The predicted octanol–water partition coefficient (Wildman–Crippen LogP) is 0.952. The summed E-state index contributed by atoms with van der Waals surface area (Å²) in [4.78, 5) is 13.4. The van der Waals surface area contributed by atoms with Gasteiger partial charge in [0.15, 0.2) is 0 Å². The first-order chi connectivity index (χ1) is 7.77. The first kappa shape index (κ1) is 13.2. The number of carbonyl (C=O) groups is 1. The summed E-state index contributed by atoms with van der Waals surface area (Å²) in [6.07, 6.45) is 5.39. The Hall–Kier alpha value is -0.870. The molecule has 0 spiro atoms. The summed E-state index contributed by atoms with van der Waals surface area (Å²) in [7, 11) is 0. The molecule has 4 heteroatoms. The molecule has 1 amide bonds. The van der Waals surface area contributed by atoms with Crippen molar-refractivity contribution in [3.63, 3.8) is 0 Å². The highest BCUT2D eigenvalue weighted by Gasteiger charge is 2.18. The second kappa shape index (κ2) is 7.41. The molecule has 92 valence electrons. The van der Waals surface area contributed by atoms with E-state index in [9.17, 15) is 4.79 Å². The molecule has 1 saturated heterocycles. The van der Waals surface area contributed by atoms with Crippen LogP contribution in [0.1, 0.15) is 25.7 Å². The molecule has 1 fully saturated rings. The maximum Gasteiger partial charge on any atom is 0.223 e. The zero-order chi connectivity index (χ0) is 11.8. The monoisotopic (exact) mass is 227 g/mol. The average molecular weight is 227 g/mol. The fourth-order valence-corrected chi connectivity index (χ4v) is 1.91. The Kier molecular flexibility index (Phi) is 6.11. The minimum Gasteiger partial charge on any atom is -0.395 e. The molecule has 0 bridgehead atoms. The normalized spacial score (nSPS) is 19.7. The van der Waals surface area contributed by atoms with Gasteiger partial charge in [-0.15, -0.1) is 6.58 Å². The van der Waals surface area contributed by atoms with Crippen LogP contribution in [0.15, 0.2) is 12.7 Å². The Labute approximate surface area is 96.9 Å². The summed E-state index contributed by atoms with van der Waals surface area (Å²) in [5.41, 5.74) is 0. The van der Waals surface area contributed by atoms with Gasteiger partial charge in [-0.2, -0.15) is 0 Å². The number of carbonyl (C=O) groups excluding carboxylic acids is 1. The van der Waals surface area contributed by atoms with E-state index in [4.69, 9.17) is 9.84 Å². The van der Waals surface area contributed by atoms with Gasteiger partial charge in [0.2, 0.25) is 5.91 Å². The van der Waals surface area contributed by atoms with Crippen LogP contribution in [0.2, 0.25) is 0 Å². The van der Waals surface area contributed by atoms with Crippen molar-refractivity contribution >= 4 is 5.91 Å². The Balaban J connectivity index is 2.26. The summed E-state index contributed by atoms with van der Waals surface area (Å²) >= 11 is 0. The quantitative estimate of drug-likeness (QED) is 0.659. The van der Waals surface area contributed by atoms with Crippen LogP contribution in [0.25, 0.3) is 0 Å². The highest BCUT2D eigenvalue weighted by Crippen LogP contribution is 2.17. The van der Waals surface area contributed by atoms with E-state index < -0.39 is 0 Å². The van der Waals surface area contributed by atoms with Crippen molar-refractivity contribution in [1.29, 1.82) is 0 Å². The van der Waals surface area contributed by atoms with Gasteiger partial charge >= 0.3 is 0 Å². The molecule has 1 N–H and O–H groups in total. The van der Waals surface area contributed by atoms with Gasteiger partial charge in [-0.3, -0.25) is 4.79 Å². The number of aliphatic hydroxyl groups excluding tert-OH is 1. The minimum absolute atomic E-state index is 0.000488. The Bertz CT molecular complexity index is 224. The smallest absolute Gasteiger partial charge is 0.223 e. The molecular formula is C12H21NO3. The van der Waals surface area contributed by atoms with E-state index in [2.05, 4.69) is 6.58 Å². The van der Waals surface area contributed by atoms with Crippen molar-refractivity contribution in [3.8, 4) is 0 Å². The van der Waals surface area contributed by atoms with Gasteiger partial charge in [-0.1, -0.05) is 6.08 Å². The Morgan fingerprint density at radius 1 is 1.62 bits per heavy atom. The minimum atomic E-state index is -0.000488. The van der Waals surface area contributed by atoms with E-state index >= 15 is 0 Å². The van der Waals surface area contributed by atoms with Gasteiger partial charge in [0.05, 0.1) is 12.7 Å². The summed E-state index contributed by atoms with van der Waals surface area (Å²) in [5, 5.41) is 8.84. The second-order valence-electron chi connectivity index (χ2n) is 4.03.